The standard InChI is InChI=1S/C13H13FO6/c1-3-18-13(16)10(15)9-11(17-2)7(14)6-8-12(9)20-5-4-19-8/h6H,3-5H2,1-2H3. The lowest BCUT2D eigenvalue weighted by Crippen LogP contribution is -2.23. The zero-order valence-electron chi connectivity index (χ0n) is 11.0. The molecule has 0 bridgehead atoms. The average Bonchev–Trinajstić information content (AvgIpc) is 2.45. The number of ketones is 1. The summed E-state index contributed by atoms with van der Waals surface area (Å²) in [4.78, 5) is 23.6. The summed E-state index contributed by atoms with van der Waals surface area (Å²) in [5.74, 6) is -3.27. The number of carbonyl (C=O) groups is 2. The highest BCUT2D eigenvalue weighted by Crippen LogP contribution is 2.41. The van der Waals surface area contributed by atoms with E-state index in [1.807, 2.05) is 0 Å². The molecule has 2 rings (SSSR count). The molecule has 6 nitrogen and oxygen atoms in total. The summed E-state index contributed by atoms with van der Waals surface area (Å²) in [6.07, 6.45) is 0. The van der Waals surface area contributed by atoms with Crippen molar-refractivity contribution in [2.45, 2.75) is 6.92 Å². The van der Waals surface area contributed by atoms with E-state index in [2.05, 4.69) is 4.74 Å². The predicted molar refractivity (Wildman–Crippen MR) is 64.9 cm³/mol. The second-order valence-corrected chi connectivity index (χ2v) is 3.84. The van der Waals surface area contributed by atoms with Crippen LogP contribution in [0.2, 0.25) is 0 Å². The normalized spacial score (nSPS) is 12.8. The third kappa shape index (κ3) is 2.38. The lowest BCUT2D eigenvalue weighted by molar-refractivity contribution is -0.137. The van der Waals surface area contributed by atoms with Crippen molar-refractivity contribution in [1.82, 2.24) is 0 Å². The Balaban J connectivity index is 2.56. The van der Waals surface area contributed by atoms with Crippen molar-refractivity contribution >= 4 is 11.8 Å². The quantitative estimate of drug-likeness (QED) is 0.472. The predicted octanol–water partition coefficient (Wildman–Crippen LogP) is 1.35. The number of halogens is 1. The van der Waals surface area contributed by atoms with Crippen molar-refractivity contribution in [2.75, 3.05) is 26.9 Å². The molecule has 0 aliphatic carbocycles. The number of hydrogen-bond acceptors (Lipinski definition) is 6. The van der Waals surface area contributed by atoms with Gasteiger partial charge in [-0.2, -0.15) is 0 Å². The number of fused-ring (bicyclic) bond motifs is 1. The zero-order valence-corrected chi connectivity index (χ0v) is 11.0. The Bertz CT molecular complexity index is 554. The molecule has 7 heteroatoms. The topological polar surface area (TPSA) is 71.1 Å². The SMILES string of the molecule is CCOC(=O)C(=O)c1c(OC)c(F)cc2c1OCCO2. The van der Waals surface area contributed by atoms with Gasteiger partial charge in [-0.15, -0.1) is 0 Å². The van der Waals surface area contributed by atoms with Gasteiger partial charge in [-0.05, 0) is 6.92 Å². The first-order valence-corrected chi connectivity index (χ1v) is 5.97. The molecule has 0 aromatic heterocycles. The summed E-state index contributed by atoms with van der Waals surface area (Å²) >= 11 is 0. The summed E-state index contributed by atoms with van der Waals surface area (Å²) in [6, 6.07) is 1.05. The van der Waals surface area contributed by atoms with Crippen LogP contribution in [0.1, 0.15) is 17.3 Å². The molecule has 0 atom stereocenters. The molecular formula is C13H13FO6. The molecule has 20 heavy (non-hydrogen) atoms. The van der Waals surface area contributed by atoms with Gasteiger partial charge in [0.05, 0.1) is 13.7 Å². The summed E-state index contributed by atoms with van der Waals surface area (Å²) in [5, 5.41) is 0. The fourth-order valence-electron chi connectivity index (χ4n) is 1.84. The highest BCUT2D eigenvalue weighted by atomic mass is 19.1. The number of rotatable bonds is 4. The van der Waals surface area contributed by atoms with E-state index in [0.29, 0.717) is 0 Å². The highest BCUT2D eigenvalue weighted by Gasteiger charge is 2.32. The van der Waals surface area contributed by atoms with Gasteiger partial charge in [-0.25, -0.2) is 9.18 Å². The average molecular weight is 284 g/mol. The third-order valence-electron chi connectivity index (χ3n) is 2.63. The highest BCUT2D eigenvalue weighted by molar-refractivity contribution is 6.42. The minimum absolute atomic E-state index is 0.00690. The van der Waals surface area contributed by atoms with E-state index in [4.69, 9.17) is 14.2 Å². The molecule has 1 aliphatic rings. The number of carbonyl (C=O) groups excluding carboxylic acids is 2. The van der Waals surface area contributed by atoms with Gasteiger partial charge in [0.25, 0.3) is 5.78 Å². The lowest BCUT2D eigenvalue weighted by atomic mass is 10.1. The Hall–Kier alpha value is -2.31. The largest absolute Gasteiger partial charge is 0.493 e. The van der Waals surface area contributed by atoms with Crippen LogP contribution in [0.3, 0.4) is 0 Å². The van der Waals surface area contributed by atoms with Gasteiger partial charge in [0.1, 0.15) is 18.8 Å². The molecular weight excluding hydrogens is 271 g/mol. The Morgan fingerprint density at radius 3 is 2.70 bits per heavy atom. The van der Waals surface area contributed by atoms with E-state index < -0.39 is 17.6 Å². The van der Waals surface area contributed by atoms with Gasteiger partial charge in [-0.1, -0.05) is 0 Å². The van der Waals surface area contributed by atoms with Crippen molar-refractivity contribution < 1.29 is 32.9 Å². The maximum absolute atomic E-state index is 13.9. The van der Waals surface area contributed by atoms with Gasteiger partial charge in [0, 0.05) is 6.07 Å². The van der Waals surface area contributed by atoms with E-state index in [0.717, 1.165) is 6.07 Å². The maximum atomic E-state index is 13.9. The molecule has 0 fully saturated rings. The fraction of sp³-hybridized carbons (Fsp3) is 0.385. The number of esters is 1. The summed E-state index contributed by atoms with van der Waals surface area (Å²) in [5.41, 5.74) is -0.319. The minimum atomic E-state index is -1.10. The fourth-order valence-corrected chi connectivity index (χ4v) is 1.84. The summed E-state index contributed by atoms with van der Waals surface area (Å²) < 4.78 is 33.9. The van der Waals surface area contributed by atoms with Gasteiger partial charge in [-0.3, -0.25) is 4.79 Å². The molecule has 0 saturated carbocycles. The van der Waals surface area contributed by atoms with Crippen LogP contribution >= 0.6 is 0 Å². The Morgan fingerprint density at radius 2 is 2.05 bits per heavy atom. The van der Waals surface area contributed by atoms with Crippen LogP contribution in [0.25, 0.3) is 0 Å². The van der Waals surface area contributed by atoms with Crippen LogP contribution in [0.4, 0.5) is 4.39 Å². The Labute approximate surface area is 114 Å². The lowest BCUT2D eigenvalue weighted by Gasteiger charge is -2.22. The van der Waals surface area contributed by atoms with Crippen molar-refractivity contribution in [1.29, 1.82) is 0 Å². The number of Topliss-reactive ketones (excluding diaryl/α,β-unsaturated/α-hetero) is 1. The van der Waals surface area contributed by atoms with Gasteiger partial charge in [0.15, 0.2) is 23.1 Å². The molecule has 1 aromatic rings. The van der Waals surface area contributed by atoms with Crippen molar-refractivity contribution in [3.05, 3.63) is 17.4 Å². The molecule has 0 radical (unpaired) electrons. The molecule has 0 spiro atoms. The minimum Gasteiger partial charge on any atom is -0.493 e. The smallest absolute Gasteiger partial charge is 0.379 e. The Kier molecular flexibility index (Phi) is 4.07. The molecule has 0 saturated heterocycles. The molecule has 1 aliphatic heterocycles. The molecule has 108 valence electrons. The summed E-state index contributed by atoms with van der Waals surface area (Å²) in [6.45, 7) is 2.00. The van der Waals surface area contributed by atoms with Crippen LogP contribution in [-0.4, -0.2) is 38.7 Å². The molecule has 1 heterocycles. The van der Waals surface area contributed by atoms with Crippen molar-refractivity contribution in [2.24, 2.45) is 0 Å². The monoisotopic (exact) mass is 284 g/mol. The molecule has 0 N–H and O–H groups in total. The zero-order chi connectivity index (χ0) is 14.7. The summed E-state index contributed by atoms with van der Waals surface area (Å²) in [7, 11) is 1.19. The van der Waals surface area contributed by atoms with Gasteiger partial charge < -0.3 is 18.9 Å². The van der Waals surface area contributed by atoms with Crippen LogP contribution in [0, 0.1) is 5.82 Å². The third-order valence-corrected chi connectivity index (χ3v) is 2.63. The van der Waals surface area contributed by atoms with Crippen LogP contribution in [0.15, 0.2) is 6.07 Å². The van der Waals surface area contributed by atoms with Crippen LogP contribution in [0.5, 0.6) is 17.2 Å². The van der Waals surface area contributed by atoms with E-state index in [9.17, 15) is 14.0 Å². The van der Waals surface area contributed by atoms with Gasteiger partial charge in [0.2, 0.25) is 0 Å². The van der Waals surface area contributed by atoms with Crippen LogP contribution in [-0.2, 0) is 9.53 Å². The first kappa shape index (κ1) is 14.1. The van der Waals surface area contributed by atoms with E-state index in [1.54, 1.807) is 6.92 Å². The number of ether oxygens (including phenoxy) is 4. The second-order valence-electron chi connectivity index (χ2n) is 3.84. The van der Waals surface area contributed by atoms with E-state index in [-0.39, 0.29) is 42.6 Å². The Morgan fingerprint density at radius 1 is 1.35 bits per heavy atom. The van der Waals surface area contributed by atoms with Crippen LogP contribution < -0.4 is 14.2 Å². The number of hydrogen-bond donors (Lipinski definition) is 0. The second kappa shape index (κ2) is 5.77. The first-order valence-electron chi connectivity index (χ1n) is 5.97. The number of methoxy groups -OCH3 is 1. The van der Waals surface area contributed by atoms with E-state index >= 15 is 0 Å². The van der Waals surface area contributed by atoms with Crippen molar-refractivity contribution in [3.63, 3.8) is 0 Å². The molecule has 0 amide bonds. The molecule has 0 unspecified atom stereocenters. The van der Waals surface area contributed by atoms with Crippen molar-refractivity contribution in [3.8, 4) is 17.2 Å². The van der Waals surface area contributed by atoms with E-state index in [1.165, 1.54) is 7.11 Å². The molecule has 1 aromatic carbocycles. The van der Waals surface area contributed by atoms with Gasteiger partial charge >= 0.3 is 5.97 Å². The number of benzene rings is 1. The first-order chi connectivity index (χ1) is 9.60. The maximum Gasteiger partial charge on any atom is 0.379 e.